The molecule has 0 amide bonds. The van der Waals surface area contributed by atoms with Crippen LogP contribution in [0.1, 0.15) is 24.0 Å². The van der Waals surface area contributed by atoms with E-state index in [1.807, 2.05) is 0 Å². The molecule has 1 atom stereocenters. The summed E-state index contributed by atoms with van der Waals surface area (Å²) in [6.07, 6.45) is -4.58. The third-order valence-electron chi connectivity index (χ3n) is 2.25. The zero-order chi connectivity index (χ0) is 13.3. The first-order valence-electron chi connectivity index (χ1n) is 4.69. The third-order valence-corrected chi connectivity index (χ3v) is 3.14. The van der Waals surface area contributed by atoms with E-state index in [1.165, 1.54) is 19.1 Å². The molecule has 1 aromatic carbocycles. The summed E-state index contributed by atoms with van der Waals surface area (Å²) in [4.78, 5) is 0. The molecule has 0 aromatic heterocycles. The molecule has 17 heavy (non-hydrogen) atoms. The van der Waals surface area contributed by atoms with E-state index in [9.17, 15) is 25.5 Å². The zero-order valence-electron chi connectivity index (χ0n) is 8.83. The smallest absolute Gasteiger partial charge is 0.195 e. The molecular weight excluding hydrogens is 260 g/mol. The van der Waals surface area contributed by atoms with Gasteiger partial charge in [0, 0.05) is 0 Å². The Morgan fingerprint density at radius 1 is 1.24 bits per heavy atom. The maximum Gasteiger partial charge on any atom is 0.416 e. The van der Waals surface area contributed by atoms with Crippen LogP contribution < -0.4 is 0 Å². The summed E-state index contributed by atoms with van der Waals surface area (Å²) in [5.74, 6) is -2.01. The molecule has 2 nitrogen and oxygen atoms in total. The van der Waals surface area contributed by atoms with Crippen molar-refractivity contribution in [1.82, 2.24) is 0 Å². The van der Waals surface area contributed by atoms with Crippen LogP contribution in [0.3, 0.4) is 0 Å². The van der Waals surface area contributed by atoms with Gasteiger partial charge in [-0.2, -0.15) is 21.6 Å². The summed E-state index contributed by atoms with van der Waals surface area (Å²) in [5.41, 5.74) is -1.16. The molecular formula is C10H10F4O2S. The molecule has 7 heteroatoms. The molecule has 0 radical (unpaired) electrons. The second-order valence-electron chi connectivity index (χ2n) is 3.69. The van der Waals surface area contributed by atoms with Crippen LogP contribution >= 0.6 is 0 Å². The van der Waals surface area contributed by atoms with Crippen molar-refractivity contribution in [3.8, 4) is 0 Å². The van der Waals surface area contributed by atoms with Crippen LogP contribution in [0.25, 0.3) is 0 Å². The van der Waals surface area contributed by atoms with Crippen molar-refractivity contribution < 1.29 is 25.5 Å². The molecule has 0 saturated carbocycles. The average Bonchev–Trinajstić information content (AvgIpc) is 2.13. The predicted octanol–water partition coefficient (Wildman–Crippen LogP) is 3.11. The van der Waals surface area contributed by atoms with E-state index in [1.54, 1.807) is 0 Å². The molecule has 0 fully saturated rings. The van der Waals surface area contributed by atoms with Gasteiger partial charge < -0.3 is 0 Å². The van der Waals surface area contributed by atoms with Gasteiger partial charge >= 0.3 is 16.4 Å². The fourth-order valence-corrected chi connectivity index (χ4v) is 2.35. The quantitative estimate of drug-likeness (QED) is 0.624. The summed E-state index contributed by atoms with van der Waals surface area (Å²) in [7, 11) is -4.80. The zero-order valence-corrected chi connectivity index (χ0v) is 9.65. The highest BCUT2D eigenvalue weighted by Crippen LogP contribution is 2.35. The minimum atomic E-state index is -4.80. The first kappa shape index (κ1) is 14.0. The van der Waals surface area contributed by atoms with Gasteiger partial charge in [0.15, 0.2) is 0 Å². The van der Waals surface area contributed by atoms with Crippen molar-refractivity contribution in [2.24, 2.45) is 0 Å². The Morgan fingerprint density at radius 3 is 2.24 bits per heavy atom. The molecule has 0 spiro atoms. The third kappa shape index (κ3) is 3.99. The van der Waals surface area contributed by atoms with E-state index in [4.69, 9.17) is 0 Å². The molecule has 0 N–H and O–H groups in total. The van der Waals surface area contributed by atoms with Crippen molar-refractivity contribution in [3.63, 3.8) is 0 Å². The summed E-state index contributed by atoms with van der Waals surface area (Å²) < 4.78 is 71.1. The lowest BCUT2D eigenvalue weighted by Crippen LogP contribution is -2.14. The highest BCUT2D eigenvalue weighted by atomic mass is 32.3. The fraction of sp³-hybridized carbons (Fsp3) is 0.400. The lowest BCUT2D eigenvalue weighted by Gasteiger charge is -2.16. The van der Waals surface area contributed by atoms with E-state index in [0.717, 1.165) is 12.1 Å². The molecule has 0 heterocycles. The van der Waals surface area contributed by atoms with Crippen LogP contribution in [0, 0.1) is 0 Å². The maximum atomic E-state index is 12.6. The van der Waals surface area contributed by atoms with Gasteiger partial charge in [-0.3, -0.25) is 0 Å². The maximum absolute atomic E-state index is 12.6. The lowest BCUT2D eigenvalue weighted by molar-refractivity contribution is -0.138. The van der Waals surface area contributed by atoms with E-state index >= 15 is 0 Å². The Hall–Kier alpha value is -1.11. The fourth-order valence-electron chi connectivity index (χ4n) is 1.57. The Bertz CT molecular complexity index is 493. The van der Waals surface area contributed by atoms with E-state index in [-0.39, 0.29) is 5.56 Å². The van der Waals surface area contributed by atoms with E-state index in [2.05, 4.69) is 0 Å². The highest BCUT2D eigenvalue weighted by molar-refractivity contribution is 7.86. The van der Waals surface area contributed by atoms with Crippen LogP contribution in [0.2, 0.25) is 0 Å². The summed E-state index contributed by atoms with van der Waals surface area (Å²) in [6.45, 7) is 1.24. The average molecular weight is 270 g/mol. The molecule has 0 aliphatic heterocycles. The Balaban J connectivity index is 3.14. The van der Waals surface area contributed by atoms with Crippen molar-refractivity contribution >= 4 is 10.2 Å². The standard InChI is InChI=1S/C10H10F4O2S/c1-7(6-17(14,15)16)8-4-2-3-5-9(8)10(11,12)13/h2-5,7H,6H2,1H3. The Kier molecular flexibility index (Phi) is 3.81. The summed E-state index contributed by atoms with van der Waals surface area (Å²) in [5, 5.41) is 0. The number of halogens is 4. The summed E-state index contributed by atoms with van der Waals surface area (Å²) in [6, 6.07) is 4.55. The molecule has 0 saturated heterocycles. The van der Waals surface area contributed by atoms with Gasteiger partial charge in [0.2, 0.25) is 0 Å². The largest absolute Gasteiger partial charge is 0.416 e. The minimum absolute atomic E-state index is 0.221. The number of alkyl halides is 3. The second-order valence-corrected chi connectivity index (χ2v) is 5.10. The second kappa shape index (κ2) is 4.64. The number of benzene rings is 1. The van der Waals surface area contributed by atoms with Crippen LogP contribution in [0.15, 0.2) is 24.3 Å². The van der Waals surface area contributed by atoms with Crippen LogP contribution in [0.5, 0.6) is 0 Å². The van der Waals surface area contributed by atoms with Crippen molar-refractivity contribution in [3.05, 3.63) is 35.4 Å². The lowest BCUT2D eigenvalue weighted by atomic mass is 9.97. The van der Waals surface area contributed by atoms with Gasteiger partial charge in [-0.15, -0.1) is 3.89 Å². The van der Waals surface area contributed by atoms with E-state index in [0.29, 0.717) is 0 Å². The van der Waals surface area contributed by atoms with Gasteiger partial charge in [0.1, 0.15) is 0 Å². The minimum Gasteiger partial charge on any atom is -0.195 e. The number of rotatable bonds is 3. The monoisotopic (exact) mass is 270 g/mol. The SMILES string of the molecule is CC(CS(=O)(=O)F)c1ccccc1C(F)(F)F. The van der Waals surface area contributed by atoms with Gasteiger partial charge in [0.25, 0.3) is 0 Å². The summed E-state index contributed by atoms with van der Waals surface area (Å²) >= 11 is 0. The first-order valence-corrected chi connectivity index (χ1v) is 6.25. The topological polar surface area (TPSA) is 34.1 Å². The van der Waals surface area contributed by atoms with Gasteiger partial charge in [0.05, 0.1) is 11.3 Å². The van der Waals surface area contributed by atoms with Gasteiger partial charge in [-0.25, -0.2) is 0 Å². The number of hydrogen-bond acceptors (Lipinski definition) is 2. The predicted molar refractivity (Wildman–Crippen MR) is 54.8 cm³/mol. The van der Waals surface area contributed by atoms with Crippen LogP contribution in [-0.2, 0) is 16.4 Å². The molecule has 1 rings (SSSR count). The van der Waals surface area contributed by atoms with Crippen molar-refractivity contribution in [2.45, 2.75) is 19.0 Å². The van der Waals surface area contributed by atoms with Crippen molar-refractivity contribution in [1.29, 1.82) is 0 Å². The Morgan fingerprint density at radius 2 is 1.76 bits per heavy atom. The molecule has 0 aliphatic carbocycles. The number of hydrogen-bond donors (Lipinski definition) is 0. The van der Waals surface area contributed by atoms with Crippen molar-refractivity contribution in [2.75, 3.05) is 5.75 Å². The molecule has 0 aliphatic rings. The normalized spacial score (nSPS) is 14.6. The van der Waals surface area contributed by atoms with Gasteiger partial charge in [-0.1, -0.05) is 25.1 Å². The molecule has 96 valence electrons. The highest BCUT2D eigenvalue weighted by Gasteiger charge is 2.34. The van der Waals surface area contributed by atoms with E-state index < -0.39 is 33.6 Å². The molecule has 0 bridgehead atoms. The first-order chi connectivity index (χ1) is 7.61. The molecule has 1 aromatic rings. The Labute approximate surface area is 96.5 Å². The van der Waals surface area contributed by atoms with Crippen LogP contribution in [-0.4, -0.2) is 14.2 Å². The molecule has 1 unspecified atom stereocenters. The van der Waals surface area contributed by atoms with Gasteiger partial charge in [-0.05, 0) is 17.5 Å². The van der Waals surface area contributed by atoms with Crippen LogP contribution in [0.4, 0.5) is 17.1 Å².